The quantitative estimate of drug-likeness (QED) is 0.553. The smallest absolute Gasteiger partial charge is 0.341 e. The molecule has 1 aliphatic rings. The summed E-state index contributed by atoms with van der Waals surface area (Å²) in [5, 5.41) is 3.24. The Kier molecular flexibility index (Phi) is 6.72. The molecule has 6 heteroatoms. The van der Waals surface area contributed by atoms with E-state index in [1.807, 2.05) is 0 Å². The van der Waals surface area contributed by atoms with Gasteiger partial charge in [0.05, 0.1) is 31.9 Å². The number of nitrogens with one attached hydrogen (secondary N) is 1. The highest BCUT2D eigenvalue weighted by Crippen LogP contribution is 2.12. The van der Waals surface area contributed by atoms with Crippen molar-refractivity contribution in [2.24, 2.45) is 0 Å². The maximum Gasteiger partial charge on any atom is 0.341 e. The van der Waals surface area contributed by atoms with Crippen LogP contribution in [0.15, 0.2) is 16.7 Å². The third-order valence-corrected chi connectivity index (χ3v) is 3.34. The van der Waals surface area contributed by atoms with Crippen LogP contribution in [0.4, 0.5) is 0 Å². The summed E-state index contributed by atoms with van der Waals surface area (Å²) in [5.74, 6) is 0.336. The molecule has 0 radical (unpaired) electrons. The van der Waals surface area contributed by atoms with E-state index in [-0.39, 0.29) is 12.1 Å². The van der Waals surface area contributed by atoms with E-state index >= 15 is 0 Å². The molecule has 2 rings (SSSR count). The lowest BCUT2D eigenvalue weighted by molar-refractivity contribution is 0.0166. The van der Waals surface area contributed by atoms with Gasteiger partial charge in [-0.2, -0.15) is 0 Å². The van der Waals surface area contributed by atoms with Crippen LogP contribution in [0.25, 0.3) is 0 Å². The lowest BCUT2D eigenvalue weighted by atomic mass is 10.2. The largest absolute Gasteiger partial charge is 0.467 e. The maximum absolute atomic E-state index is 11.3. The molecule has 21 heavy (non-hydrogen) atoms. The first-order valence-electron chi connectivity index (χ1n) is 7.35. The second-order valence-corrected chi connectivity index (χ2v) is 5.03. The molecule has 0 saturated carbocycles. The van der Waals surface area contributed by atoms with Crippen molar-refractivity contribution in [1.29, 1.82) is 0 Å². The third-order valence-electron chi connectivity index (χ3n) is 3.34. The molecule has 0 amide bonds. The second kappa shape index (κ2) is 8.81. The summed E-state index contributed by atoms with van der Waals surface area (Å²) in [6, 6.07) is 1.69. The van der Waals surface area contributed by atoms with Crippen molar-refractivity contribution >= 4 is 5.97 Å². The summed E-state index contributed by atoms with van der Waals surface area (Å²) in [5.41, 5.74) is 0.439. The van der Waals surface area contributed by atoms with Crippen LogP contribution in [0, 0.1) is 0 Å². The predicted molar refractivity (Wildman–Crippen MR) is 76.2 cm³/mol. The number of rotatable bonds is 9. The molecule has 2 heterocycles. The molecular weight excluding hydrogens is 274 g/mol. The Morgan fingerprint density at radius 2 is 2.43 bits per heavy atom. The van der Waals surface area contributed by atoms with E-state index in [1.165, 1.54) is 13.4 Å². The van der Waals surface area contributed by atoms with Crippen LogP contribution in [0.1, 0.15) is 35.4 Å². The fourth-order valence-electron chi connectivity index (χ4n) is 2.20. The van der Waals surface area contributed by atoms with Crippen LogP contribution in [-0.4, -0.2) is 45.5 Å². The van der Waals surface area contributed by atoms with Gasteiger partial charge < -0.3 is 23.9 Å². The summed E-state index contributed by atoms with van der Waals surface area (Å²) in [6.07, 6.45) is 4.88. The van der Waals surface area contributed by atoms with Crippen LogP contribution in [0.2, 0.25) is 0 Å². The summed E-state index contributed by atoms with van der Waals surface area (Å²) >= 11 is 0. The minimum atomic E-state index is -0.382. The third kappa shape index (κ3) is 5.49. The first-order chi connectivity index (χ1) is 10.3. The van der Waals surface area contributed by atoms with Gasteiger partial charge in [-0.3, -0.25) is 0 Å². The van der Waals surface area contributed by atoms with E-state index in [1.54, 1.807) is 6.07 Å². The summed E-state index contributed by atoms with van der Waals surface area (Å²) < 4.78 is 20.9. The molecule has 1 fully saturated rings. The molecule has 118 valence electrons. The van der Waals surface area contributed by atoms with Crippen molar-refractivity contribution in [2.45, 2.75) is 31.9 Å². The fourth-order valence-corrected chi connectivity index (χ4v) is 2.20. The van der Waals surface area contributed by atoms with E-state index in [4.69, 9.17) is 13.9 Å². The van der Waals surface area contributed by atoms with Gasteiger partial charge in [0.2, 0.25) is 0 Å². The first kappa shape index (κ1) is 16.0. The van der Waals surface area contributed by atoms with E-state index in [0.717, 1.165) is 44.8 Å². The molecule has 1 aliphatic heterocycles. The van der Waals surface area contributed by atoms with E-state index in [9.17, 15) is 4.79 Å². The number of carbonyl (C=O) groups is 1. The molecule has 6 nitrogen and oxygen atoms in total. The van der Waals surface area contributed by atoms with Gasteiger partial charge in [-0.25, -0.2) is 4.79 Å². The predicted octanol–water partition coefficient (Wildman–Crippen LogP) is 1.74. The Morgan fingerprint density at radius 3 is 3.19 bits per heavy atom. The first-order valence-corrected chi connectivity index (χ1v) is 7.35. The Morgan fingerprint density at radius 1 is 1.52 bits per heavy atom. The second-order valence-electron chi connectivity index (χ2n) is 5.03. The van der Waals surface area contributed by atoms with Crippen LogP contribution in [0.3, 0.4) is 0 Å². The minimum absolute atomic E-state index is 0.290. The number of hydrogen-bond acceptors (Lipinski definition) is 6. The molecular formula is C15H23NO5. The van der Waals surface area contributed by atoms with Crippen LogP contribution in [0.5, 0.6) is 0 Å². The van der Waals surface area contributed by atoms with Gasteiger partial charge >= 0.3 is 5.97 Å². The monoisotopic (exact) mass is 297 g/mol. The Bertz CT molecular complexity index is 425. The van der Waals surface area contributed by atoms with Gasteiger partial charge in [-0.15, -0.1) is 0 Å². The lowest BCUT2D eigenvalue weighted by Gasteiger charge is -2.09. The van der Waals surface area contributed by atoms with Crippen LogP contribution >= 0.6 is 0 Å². The number of carbonyl (C=O) groups excluding carboxylic acids is 1. The maximum atomic E-state index is 11.3. The Balaban J connectivity index is 1.49. The van der Waals surface area contributed by atoms with E-state index in [0.29, 0.717) is 18.7 Å². The SMILES string of the molecule is COC(=O)c1coc(CNCCCOCC2CCCO2)c1. The topological polar surface area (TPSA) is 69.9 Å². The Labute approximate surface area is 124 Å². The van der Waals surface area contributed by atoms with Crippen molar-refractivity contribution < 1.29 is 23.4 Å². The lowest BCUT2D eigenvalue weighted by Crippen LogP contribution is -2.18. The highest BCUT2D eigenvalue weighted by molar-refractivity contribution is 5.88. The summed E-state index contributed by atoms with van der Waals surface area (Å²) in [4.78, 5) is 11.3. The van der Waals surface area contributed by atoms with Gasteiger partial charge in [-0.1, -0.05) is 0 Å². The van der Waals surface area contributed by atoms with Gasteiger partial charge in [0, 0.05) is 13.2 Å². The number of methoxy groups -OCH3 is 1. The molecule has 1 atom stereocenters. The van der Waals surface area contributed by atoms with Crippen LogP contribution < -0.4 is 5.32 Å². The van der Waals surface area contributed by atoms with Crippen molar-refractivity contribution in [3.8, 4) is 0 Å². The molecule has 1 saturated heterocycles. The molecule has 1 aromatic rings. The zero-order chi connectivity index (χ0) is 14.9. The van der Waals surface area contributed by atoms with Gasteiger partial charge in [-0.05, 0) is 31.9 Å². The number of ether oxygens (including phenoxy) is 3. The van der Waals surface area contributed by atoms with E-state index in [2.05, 4.69) is 10.1 Å². The van der Waals surface area contributed by atoms with Gasteiger partial charge in [0.25, 0.3) is 0 Å². The van der Waals surface area contributed by atoms with Crippen molar-refractivity contribution in [2.75, 3.05) is 33.5 Å². The molecule has 1 unspecified atom stereocenters. The standard InChI is InChI=1S/C15H23NO5/c1-18-15(17)12-8-14(21-10-12)9-16-5-3-6-19-11-13-4-2-7-20-13/h8,10,13,16H,2-7,9,11H2,1H3. The molecule has 1 N–H and O–H groups in total. The van der Waals surface area contributed by atoms with Crippen molar-refractivity contribution in [1.82, 2.24) is 5.32 Å². The fraction of sp³-hybridized carbons (Fsp3) is 0.667. The number of furan rings is 1. The summed E-state index contributed by atoms with van der Waals surface area (Å²) in [6.45, 7) is 3.70. The van der Waals surface area contributed by atoms with Crippen LogP contribution in [-0.2, 0) is 20.8 Å². The normalized spacial score (nSPS) is 18.0. The summed E-state index contributed by atoms with van der Waals surface area (Å²) in [7, 11) is 1.35. The minimum Gasteiger partial charge on any atom is -0.467 e. The highest BCUT2D eigenvalue weighted by Gasteiger charge is 2.14. The van der Waals surface area contributed by atoms with E-state index < -0.39 is 0 Å². The van der Waals surface area contributed by atoms with Gasteiger partial charge in [0.1, 0.15) is 12.0 Å². The highest BCUT2D eigenvalue weighted by atomic mass is 16.5. The van der Waals surface area contributed by atoms with Crippen molar-refractivity contribution in [3.63, 3.8) is 0 Å². The van der Waals surface area contributed by atoms with Crippen molar-refractivity contribution in [3.05, 3.63) is 23.7 Å². The molecule has 0 aromatic carbocycles. The molecule has 1 aromatic heterocycles. The molecule has 0 spiro atoms. The zero-order valence-corrected chi connectivity index (χ0v) is 12.4. The average molecular weight is 297 g/mol. The molecule has 0 bridgehead atoms. The Hall–Kier alpha value is -1.37. The number of hydrogen-bond donors (Lipinski definition) is 1. The number of esters is 1. The molecule has 0 aliphatic carbocycles. The van der Waals surface area contributed by atoms with Gasteiger partial charge in [0.15, 0.2) is 0 Å². The average Bonchev–Trinajstić information content (AvgIpc) is 3.17. The zero-order valence-electron chi connectivity index (χ0n) is 12.4.